The maximum absolute atomic E-state index is 11.0. The molecule has 1 N–H and O–H groups in total. The van der Waals surface area contributed by atoms with E-state index in [9.17, 15) is 4.79 Å². The van der Waals surface area contributed by atoms with Gasteiger partial charge in [-0.25, -0.2) is 0 Å². The van der Waals surface area contributed by atoms with E-state index < -0.39 is 5.97 Å². The first kappa shape index (κ1) is 11.1. The summed E-state index contributed by atoms with van der Waals surface area (Å²) in [6, 6.07) is 8.61. The fraction of sp³-hybridized carbons (Fsp3) is 0.462. The second-order valence-electron chi connectivity index (χ2n) is 4.64. The van der Waals surface area contributed by atoms with Crippen molar-refractivity contribution in [2.75, 3.05) is 13.6 Å². The Labute approximate surface area is 95.7 Å². The largest absolute Gasteiger partial charge is 0.481 e. The fourth-order valence-electron chi connectivity index (χ4n) is 2.36. The molecule has 0 aromatic heterocycles. The molecule has 0 saturated carbocycles. The second-order valence-corrected chi connectivity index (χ2v) is 4.64. The number of rotatable bonds is 2. The van der Waals surface area contributed by atoms with Gasteiger partial charge in [0.25, 0.3) is 0 Å². The summed E-state index contributed by atoms with van der Waals surface area (Å²) in [5, 5.41) is 9.01. The minimum absolute atomic E-state index is 0.226. The molecular weight excluding hydrogens is 202 g/mol. The van der Waals surface area contributed by atoms with Crippen LogP contribution in [0.1, 0.15) is 23.6 Å². The van der Waals surface area contributed by atoms with Gasteiger partial charge in [0, 0.05) is 12.6 Å². The van der Waals surface area contributed by atoms with Crippen LogP contribution in [0.5, 0.6) is 0 Å². The van der Waals surface area contributed by atoms with Crippen molar-refractivity contribution in [1.29, 1.82) is 0 Å². The Morgan fingerprint density at radius 2 is 2.00 bits per heavy atom. The number of carboxylic acids is 1. The first-order valence-electron chi connectivity index (χ1n) is 5.57. The molecule has 1 aliphatic rings. The van der Waals surface area contributed by atoms with Gasteiger partial charge >= 0.3 is 5.97 Å². The fourth-order valence-corrected chi connectivity index (χ4v) is 2.36. The topological polar surface area (TPSA) is 40.5 Å². The molecule has 2 rings (SSSR count). The molecule has 2 atom stereocenters. The van der Waals surface area contributed by atoms with E-state index in [0.29, 0.717) is 6.54 Å². The number of carboxylic acid groups (broad SMARTS) is 1. The Morgan fingerprint density at radius 1 is 1.38 bits per heavy atom. The average molecular weight is 219 g/mol. The Morgan fingerprint density at radius 3 is 2.50 bits per heavy atom. The third kappa shape index (κ3) is 2.09. The van der Waals surface area contributed by atoms with Crippen LogP contribution in [0.3, 0.4) is 0 Å². The number of nitrogens with zero attached hydrogens (tertiary/aromatic N) is 1. The first-order valence-corrected chi connectivity index (χ1v) is 5.57. The Bertz CT molecular complexity index is 385. The summed E-state index contributed by atoms with van der Waals surface area (Å²) in [5.41, 5.74) is 2.45. The lowest BCUT2D eigenvalue weighted by atomic mass is 9.99. The third-order valence-electron chi connectivity index (χ3n) is 3.36. The molecule has 1 aromatic rings. The Hall–Kier alpha value is -1.35. The molecule has 86 valence electrons. The highest BCUT2D eigenvalue weighted by Gasteiger charge is 2.34. The number of aryl methyl sites for hydroxylation is 1. The van der Waals surface area contributed by atoms with Crippen LogP contribution in [0.2, 0.25) is 0 Å². The van der Waals surface area contributed by atoms with E-state index in [4.69, 9.17) is 5.11 Å². The van der Waals surface area contributed by atoms with Gasteiger partial charge in [-0.15, -0.1) is 0 Å². The quantitative estimate of drug-likeness (QED) is 0.827. The summed E-state index contributed by atoms with van der Waals surface area (Å²) >= 11 is 0. The molecular formula is C13H17NO2. The molecule has 1 saturated heterocycles. The van der Waals surface area contributed by atoms with Crippen LogP contribution in [0.4, 0.5) is 0 Å². The van der Waals surface area contributed by atoms with E-state index in [1.165, 1.54) is 11.1 Å². The van der Waals surface area contributed by atoms with Gasteiger partial charge in [0.15, 0.2) is 0 Å². The van der Waals surface area contributed by atoms with Crippen molar-refractivity contribution in [3.8, 4) is 0 Å². The second kappa shape index (κ2) is 4.26. The number of carbonyl (C=O) groups is 1. The number of hydrogen-bond donors (Lipinski definition) is 1. The summed E-state index contributed by atoms with van der Waals surface area (Å²) in [5.74, 6) is -0.905. The van der Waals surface area contributed by atoms with Crippen molar-refractivity contribution in [1.82, 2.24) is 4.90 Å². The minimum Gasteiger partial charge on any atom is -0.481 e. The molecule has 0 spiro atoms. The van der Waals surface area contributed by atoms with Gasteiger partial charge in [0.05, 0.1) is 5.92 Å². The minimum atomic E-state index is -0.679. The van der Waals surface area contributed by atoms with Crippen molar-refractivity contribution in [3.05, 3.63) is 35.4 Å². The highest BCUT2D eigenvalue weighted by Crippen LogP contribution is 2.34. The normalized spacial score (nSPS) is 25.9. The Kier molecular flexibility index (Phi) is 2.97. The predicted molar refractivity (Wildman–Crippen MR) is 62.3 cm³/mol. The van der Waals surface area contributed by atoms with Gasteiger partial charge in [-0.2, -0.15) is 0 Å². The van der Waals surface area contributed by atoms with E-state index in [1.807, 2.05) is 7.05 Å². The lowest BCUT2D eigenvalue weighted by Gasteiger charge is -2.19. The standard InChI is InChI=1S/C13H17NO2/c1-9-3-5-10(6-4-9)12-7-11(13(15)16)8-14(12)2/h3-6,11-12H,7-8H2,1-2H3,(H,15,16)/t11-,12+/m0/s1. The molecule has 1 heterocycles. The molecule has 0 aliphatic carbocycles. The number of hydrogen-bond acceptors (Lipinski definition) is 2. The molecule has 1 aromatic carbocycles. The monoisotopic (exact) mass is 219 g/mol. The molecule has 0 bridgehead atoms. The molecule has 16 heavy (non-hydrogen) atoms. The number of benzene rings is 1. The summed E-state index contributed by atoms with van der Waals surface area (Å²) in [7, 11) is 1.99. The van der Waals surface area contributed by atoms with Crippen LogP contribution >= 0.6 is 0 Å². The SMILES string of the molecule is Cc1ccc([C@H]2C[C@H](C(=O)O)CN2C)cc1. The van der Waals surface area contributed by atoms with E-state index in [2.05, 4.69) is 36.1 Å². The van der Waals surface area contributed by atoms with E-state index in [1.54, 1.807) is 0 Å². The van der Waals surface area contributed by atoms with Crippen molar-refractivity contribution in [2.24, 2.45) is 5.92 Å². The van der Waals surface area contributed by atoms with Crippen molar-refractivity contribution in [3.63, 3.8) is 0 Å². The van der Waals surface area contributed by atoms with Gasteiger partial charge in [-0.1, -0.05) is 29.8 Å². The maximum Gasteiger partial charge on any atom is 0.307 e. The number of aliphatic carboxylic acids is 1. The summed E-state index contributed by atoms with van der Waals surface area (Å²) in [6.45, 7) is 2.70. The van der Waals surface area contributed by atoms with Crippen molar-refractivity contribution >= 4 is 5.97 Å². The van der Waals surface area contributed by atoms with Crippen LogP contribution in [0.25, 0.3) is 0 Å². The molecule has 1 fully saturated rings. The van der Waals surface area contributed by atoms with Crippen molar-refractivity contribution in [2.45, 2.75) is 19.4 Å². The van der Waals surface area contributed by atoms with Crippen LogP contribution in [0.15, 0.2) is 24.3 Å². The zero-order valence-corrected chi connectivity index (χ0v) is 9.68. The molecule has 1 aliphatic heterocycles. The lowest BCUT2D eigenvalue weighted by Crippen LogP contribution is -2.20. The predicted octanol–water partition coefficient (Wildman–Crippen LogP) is 2.07. The zero-order valence-electron chi connectivity index (χ0n) is 9.68. The lowest BCUT2D eigenvalue weighted by molar-refractivity contribution is -0.141. The van der Waals surface area contributed by atoms with Crippen LogP contribution in [0, 0.1) is 12.8 Å². The molecule has 0 amide bonds. The van der Waals surface area contributed by atoms with E-state index in [-0.39, 0.29) is 12.0 Å². The maximum atomic E-state index is 11.0. The van der Waals surface area contributed by atoms with Gasteiger partial charge < -0.3 is 5.11 Å². The van der Waals surface area contributed by atoms with Gasteiger partial charge in [0.2, 0.25) is 0 Å². The zero-order chi connectivity index (χ0) is 11.7. The van der Waals surface area contributed by atoms with Crippen LogP contribution < -0.4 is 0 Å². The molecule has 3 heteroatoms. The average Bonchev–Trinajstić information content (AvgIpc) is 2.62. The van der Waals surface area contributed by atoms with Gasteiger partial charge in [-0.3, -0.25) is 9.69 Å². The van der Waals surface area contributed by atoms with E-state index >= 15 is 0 Å². The smallest absolute Gasteiger partial charge is 0.307 e. The van der Waals surface area contributed by atoms with Crippen LogP contribution in [-0.4, -0.2) is 29.6 Å². The van der Waals surface area contributed by atoms with Crippen molar-refractivity contribution < 1.29 is 9.90 Å². The number of likely N-dealkylation sites (tertiary alicyclic amines) is 1. The summed E-state index contributed by atoms with van der Waals surface area (Å²) in [6.07, 6.45) is 0.717. The van der Waals surface area contributed by atoms with Crippen LogP contribution in [-0.2, 0) is 4.79 Å². The summed E-state index contributed by atoms with van der Waals surface area (Å²) < 4.78 is 0. The van der Waals surface area contributed by atoms with Gasteiger partial charge in [-0.05, 0) is 26.0 Å². The highest BCUT2D eigenvalue weighted by atomic mass is 16.4. The highest BCUT2D eigenvalue weighted by molar-refractivity contribution is 5.70. The molecule has 3 nitrogen and oxygen atoms in total. The van der Waals surface area contributed by atoms with Gasteiger partial charge in [0.1, 0.15) is 0 Å². The first-order chi connectivity index (χ1) is 7.58. The molecule has 0 radical (unpaired) electrons. The Balaban J connectivity index is 2.16. The third-order valence-corrected chi connectivity index (χ3v) is 3.36. The molecule has 0 unspecified atom stereocenters. The summed E-state index contributed by atoms with van der Waals surface area (Å²) in [4.78, 5) is 13.1. The van der Waals surface area contributed by atoms with E-state index in [0.717, 1.165) is 6.42 Å².